The molecule has 0 spiro atoms. The van der Waals surface area contributed by atoms with Gasteiger partial charge in [-0.05, 0) is 23.8 Å². The van der Waals surface area contributed by atoms with Gasteiger partial charge >= 0.3 is 6.09 Å². The highest BCUT2D eigenvalue weighted by molar-refractivity contribution is 5.97. The Labute approximate surface area is 128 Å². The zero-order valence-electron chi connectivity index (χ0n) is 12.0. The first-order chi connectivity index (χ1) is 10.8. The van der Waals surface area contributed by atoms with Gasteiger partial charge in [-0.2, -0.15) is 0 Å². The van der Waals surface area contributed by atoms with Crippen LogP contribution in [0.2, 0.25) is 0 Å². The van der Waals surface area contributed by atoms with Crippen LogP contribution < -0.4 is 5.32 Å². The van der Waals surface area contributed by atoms with E-state index in [2.05, 4.69) is 10.3 Å². The Morgan fingerprint density at radius 1 is 1.05 bits per heavy atom. The van der Waals surface area contributed by atoms with Gasteiger partial charge in [0.15, 0.2) is 0 Å². The highest BCUT2D eigenvalue weighted by Gasteiger charge is 2.16. The van der Waals surface area contributed by atoms with Crippen LogP contribution in [0.1, 0.15) is 11.1 Å². The molecule has 5 nitrogen and oxygen atoms in total. The number of anilines is 1. The molecule has 3 rings (SSSR count). The summed E-state index contributed by atoms with van der Waals surface area (Å²) in [4.78, 5) is 15.9. The third-order valence-corrected chi connectivity index (χ3v) is 3.22. The third-order valence-electron chi connectivity index (χ3n) is 3.22. The van der Waals surface area contributed by atoms with Crippen molar-refractivity contribution in [2.24, 2.45) is 4.99 Å². The van der Waals surface area contributed by atoms with Gasteiger partial charge < -0.3 is 9.47 Å². The van der Waals surface area contributed by atoms with Crippen molar-refractivity contribution in [3.63, 3.8) is 0 Å². The minimum absolute atomic E-state index is 0.167. The molecule has 0 aliphatic carbocycles. The summed E-state index contributed by atoms with van der Waals surface area (Å²) in [6.07, 6.45) is -0.497. The number of nitrogens with zero attached hydrogens (tertiary/aromatic N) is 1. The molecular formula is C17H16N2O3. The molecular weight excluding hydrogens is 280 g/mol. The fourth-order valence-corrected chi connectivity index (χ4v) is 2.18. The zero-order valence-corrected chi connectivity index (χ0v) is 12.0. The van der Waals surface area contributed by atoms with E-state index in [0.717, 1.165) is 11.1 Å². The Morgan fingerprint density at radius 3 is 2.68 bits per heavy atom. The standard InChI is InChI=1S/C17H16N2O3/c20-17(19-14-7-2-1-3-8-14)22-11-10-21-16-15-9-5-4-6-13(15)12-18-16/h1-9H,10-12H2,(H,19,20). The van der Waals surface area contributed by atoms with Crippen molar-refractivity contribution in [3.8, 4) is 0 Å². The second kappa shape index (κ2) is 6.76. The molecule has 0 fully saturated rings. The van der Waals surface area contributed by atoms with Gasteiger partial charge in [0.1, 0.15) is 13.2 Å². The lowest BCUT2D eigenvalue weighted by molar-refractivity contribution is 0.135. The number of rotatable bonds is 4. The number of benzene rings is 2. The second-order valence-electron chi connectivity index (χ2n) is 4.75. The van der Waals surface area contributed by atoms with Gasteiger partial charge in [0.2, 0.25) is 5.90 Å². The number of carbonyl (C=O) groups is 1. The first-order valence-corrected chi connectivity index (χ1v) is 7.07. The monoisotopic (exact) mass is 296 g/mol. The summed E-state index contributed by atoms with van der Waals surface area (Å²) < 4.78 is 10.6. The van der Waals surface area contributed by atoms with Gasteiger partial charge in [-0.25, -0.2) is 9.79 Å². The van der Waals surface area contributed by atoms with Gasteiger partial charge in [-0.3, -0.25) is 5.32 Å². The highest BCUT2D eigenvalue weighted by atomic mass is 16.6. The predicted molar refractivity (Wildman–Crippen MR) is 84.0 cm³/mol. The van der Waals surface area contributed by atoms with Crippen molar-refractivity contribution in [2.45, 2.75) is 6.54 Å². The van der Waals surface area contributed by atoms with E-state index in [0.29, 0.717) is 18.1 Å². The first kappa shape index (κ1) is 14.1. The number of aliphatic imine (C=N–C) groups is 1. The average Bonchev–Trinajstić information content (AvgIpc) is 2.96. The summed E-state index contributed by atoms with van der Waals surface area (Å²) in [7, 11) is 0. The van der Waals surface area contributed by atoms with Crippen molar-refractivity contribution in [3.05, 3.63) is 65.7 Å². The van der Waals surface area contributed by atoms with Crippen LogP contribution in [0.3, 0.4) is 0 Å². The van der Waals surface area contributed by atoms with Crippen molar-refractivity contribution >= 4 is 17.7 Å². The summed E-state index contributed by atoms with van der Waals surface area (Å²) in [6, 6.07) is 17.1. The van der Waals surface area contributed by atoms with Gasteiger partial charge in [0.05, 0.1) is 6.54 Å². The number of ether oxygens (including phenoxy) is 2. The molecule has 5 heteroatoms. The van der Waals surface area contributed by atoms with Gasteiger partial charge in [0, 0.05) is 11.3 Å². The Bertz CT molecular complexity index is 683. The third kappa shape index (κ3) is 3.44. The van der Waals surface area contributed by atoms with Crippen LogP contribution in [0.25, 0.3) is 0 Å². The Kier molecular flexibility index (Phi) is 4.34. The van der Waals surface area contributed by atoms with Crippen LogP contribution in [0.4, 0.5) is 10.5 Å². The summed E-state index contributed by atoms with van der Waals surface area (Å²) in [5.74, 6) is 0.614. The lowest BCUT2D eigenvalue weighted by atomic mass is 10.1. The number of para-hydroxylation sites is 1. The summed E-state index contributed by atoms with van der Waals surface area (Å²) in [5, 5.41) is 2.64. The van der Waals surface area contributed by atoms with E-state index in [4.69, 9.17) is 9.47 Å². The zero-order chi connectivity index (χ0) is 15.2. The number of nitrogens with one attached hydrogen (secondary N) is 1. The minimum atomic E-state index is -0.497. The SMILES string of the molecule is O=C(Nc1ccccc1)OCCOC1=NCc2ccccc21. The fraction of sp³-hybridized carbons (Fsp3) is 0.176. The Hall–Kier alpha value is -2.82. The van der Waals surface area contributed by atoms with Crippen molar-refractivity contribution < 1.29 is 14.3 Å². The molecule has 0 atom stereocenters. The molecule has 0 saturated heterocycles. The highest BCUT2D eigenvalue weighted by Crippen LogP contribution is 2.18. The molecule has 0 radical (unpaired) electrons. The molecule has 0 unspecified atom stereocenters. The van der Waals surface area contributed by atoms with Crippen LogP contribution in [-0.2, 0) is 16.0 Å². The van der Waals surface area contributed by atoms with E-state index in [1.54, 1.807) is 12.1 Å². The lowest BCUT2D eigenvalue weighted by Crippen LogP contribution is -2.18. The fourth-order valence-electron chi connectivity index (χ4n) is 2.18. The van der Waals surface area contributed by atoms with E-state index in [1.807, 2.05) is 42.5 Å². The molecule has 2 aromatic rings. The molecule has 2 aromatic carbocycles. The first-order valence-electron chi connectivity index (χ1n) is 7.07. The number of amides is 1. The lowest BCUT2D eigenvalue weighted by Gasteiger charge is -2.09. The number of carbonyl (C=O) groups excluding carboxylic acids is 1. The van der Waals surface area contributed by atoms with Crippen molar-refractivity contribution in [1.29, 1.82) is 0 Å². The van der Waals surface area contributed by atoms with E-state index in [9.17, 15) is 4.79 Å². The van der Waals surface area contributed by atoms with Crippen LogP contribution in [0.5, 0.6) is 0 Å². The quantitative estimate of drug-likeness (QED) is 0.881. The molecule has 1 heterocycles. The number of hydrogen-bond acceptors (Lipinski definition) is 4. The Morgan fingerprint density at radius 2 is 1.82 bits per heavy atom. The molecule has 22 heavy (non-hydrogen) atoms. The van der Waals surface area contributed by atoms with Crippen molar-refractivity contribution in [2.75, 3.05) is 18.5 Å². The summed E-state index contributed by atoms with van der Waals surface area (Å²) in [5.41, 5.74) is 2.86. The molecule has 112 valence electrons. The molecule has 1 N–H and O–H groups in total. The summed E-state index contributed by atoms with van der Waals surface area (Å²) in [6.45, 7) is 1.08. The Balaban J connectivity index is 1.40. The molecule has 1 aliphatic heterocycles. The van der Waals surface area contributed by atoms with Gasteiger partial charge in [0.25, 0.3) is 0 Å². The molecule has 0 bridgehead atoms. The normalized spacial score (nSPS) is 12.3. The van der Waals surface area contributed by atoms with Crippen LogP contribution in [-0.4, -0.2) is 25.2 Å². The molecule has 1 amide bonds. The smallest absolute Gasteiger partial charge is 0.411 e. The maximum Gasteiger partial charge on any atom is 0.411 e. The van der Waals surface area contributed by atoms with E-state index in [-0.39, 0.29) is 13.2 Å². The van der Waals surface area contributed by atoms with Gasteiger partial charge in [-0.15, -0.1) is 0 Å². The predicted octanol–water partition coefficient (Wildman–Crippen LogP) is 3.21. The molecule has 1 aliphatic rings. The van der Waals surface area contributed by atoms with E-state index in [1.165, 1.54) is 0 Å². The van der Waals surface area contributed by atoms with E-state index >= 15 is 0 Å². The molecule has 0 aromatic heterocycles. The van der Waals surface area contributed by atoms with Crippen molar-refractivity contribution in [1.82, 2.24) is 0 Å². The van der Waals surface area contributed by atoms with Crippen LogP contribution in [0, 0.1) is 0 Å². The number of fused-ring (bicyclic) bond motifs is 1. The van der Waals surface area contributed by atoms with Crippen LogP contribution >= 0.6 is 0 Å². The average molecular weight is 296 g/mol. The topological polar surface area (TPSA) is 59.9 Å². The van der Waals surface area contributed by atoms with Gasteiger partial charge in [-0.1, -0.05) is 36.4 Å². The van der Waals surface area contributed by atoms with Crippen LogP contribution in [0.15, 0.2) is 59.6 Å². The number of hydrogen-bond donors (Lipinski definition) is 1. The maximum absolute atomic E-state index is 11.6. The van der Waals surface area contributed by atoms with E-state index < -0.39 is 6.09 Å². The summed E-state index contributed by atoms with van der Waals surface area (Å²) >= 11 is 0. The minimum Gasteiger partial charge on any atom is -0.474 e. The largest absolute Gasteiger partial charge is 0.474 e. The second-order valence-corrected chi connectivity index (χ2v) is 4.75. The maximum atomic E-state index is 11.6. The molecule has 0 saturated carbocycles.